The molecule has 0 bridgehead atoms. The molecule has 0 saturated carbocycles. The van der Waals surface area contributed by atoms with Crippen LogP contribution in [0.4, 0.5) is 0 Å². The number of ether oxygens (including phenoxy) is 1. The van der Waals surface area contributed by atoms with Gasteiger partial charge in [-0.25, -0.2) is 13.4 Å². The highest BCUT2D eigenvalue weighted by atomic mass is 32.2. The van der Waals surface area contributed by atoms with Gasteiger partial charge < -0.3 is 9.30 Å². The van der Waals surface area contributed by atoms with Gasteiger partial charge in [-0.3, -0.25) is 4.90 Å². The van der Waals surface area contributed by atoms with E-state index in [1.54, 1.807) is 20.2 Å². The van der Waals surface area contributed by atoms with Crippen LogP contribution in [-0.2, 0) is 27.7 Å². The smallest absolute Gasteiger partial charge is 0.228 e. The molecule has 0 spiro atoms. The van der Waals surface area contributed by atoms with E-state index < -0.39 is 9.84 Å². The average Bonchev–Trinajstić information content (AvgIpc) is 3.11. The minimum Gasteiger partial charge on any atom is -0.385 e. The van der Waals surface area contributed by atoms with Crippen LogP contribution in [0.5, 0.6) is 0 Å². The lowest BCUT2D eigenvalue weighted by Gasteiger charge is -2.35. The molecular formula is C21H31N3O3S. The molecule has 1 saturated heterocycles. The highest BCUT2D eigenvalue weighted by molar-refractivity contribution is 7.91. The fraction of sp³-hybridized carbons (Fsp3) is 0.571. The lowest BCUT2D eigenvalue weighted by Crippen LogP contribution is -2.40. The van der Waals surface area contributed by atoms with Crippen molar-refractivity contribution in [2.24, 2.45) is 0 Å². The van der Waals surface area contributed by atoms with Crippen molar-refractivity contribution in [3.8, 4) is 0 Å². The summed E-state index contributed by atoms with van der Waals surface area (Å²) in [4.78, 5) is 6.79. The maximum atomic E-state index is 12.6. The van der Waals surface area contributed by atoms with Gasteiger partial charge in [-0.05, 0) is 31.4 Å². The van der Waals surface area contributed by atoms with Gasteiger partial charge in [0.2, 0.25) is 15.0 Å². The molecule has 0 amide bonds. The van der Waals surface area contributed by atoms with E-state index >= 15 is 0 Å². The van der Waals surface area contributed by atoms with E-state index in [-0.39, 0.29) is 10.9 Å². The van der Waals surface area contributed by atoms with Crippen LogP contribution in [-0.4, -0.2) is 54.9 Å². The summed E-state index contributed by atoms with van der Waals surface area (Å²) in [5.41, 5.74) is 2.03. The number of likely N-dealkylation sites (tertiary alicyclic amines) is 1. The van der Waals surface area contributed by atoms with Crippen molar-refractivity contribution in [1.82, 2.24) is 14.5 Å². The van der Waals surface area contributed by atoms with Gasteiger partial charge in [0.05, 0.1) is 24.2 Å². The van der Waals surface area contributed by atoms with E-state index in [0.29, 0.717) is 19.1 Å². The Hall–Kier alpha value is -1.70. The third-order valence-corrected chi connectivity index (χ3v) is 7.15. The third kappa shape index (κ3) is 5.01. The van der Waals surface area contributed by atoms with Gasteiger partial charge in [0.15, 0.2) is 0 Å². The summed E-state index contributed by atoms with van der Waals surface area (Å²) in [6.07, 6.45) is 6.33. The number of hydrogen-bond acceptors (Lipinski definition) is 5. The Morgan fingerprint density at radius 3 is 2.68 bits per heavy atom. The molecule has 1 aromatic heterocycles. The maximum Gasteiger partial charge on any atom is 0.228 e. The number of benzene rings is 1. The van der Waals surface area contributed by atoms with Crippen LogP contribution < -0.4 is 0 Å². The minimum atomic E-state index is -3.38. The Morgan fingerprint density at radius 1 is 1.18 bits per heavy atom. The number of methoxy groups -OCH3 is 1. The molecule has 0 aliphatic carbocycles. The lowest BCUT2D eigenvalue weighted by molar-refractivity contribution is 0.0954. The normalized spacial score (nSPS) is 18.4. The molecule has 0 radical (unpaired) electrons. The molecule has 1 fully saturated rings. The van der Waals surface area contributed by atoms with Crippen molar-refractivity contribution in [2.45, 2.75) is 56.9 Å². The third-order valence-electron chi connectivity index (χ3n) is 5.51. The van der Waals surface area contributed by atoms with E-state index in [2.05, 4.69) is 9.88 Å². The first-order chi connectivity index (χ1) is 13.5. The SMILES string of the molecule is CCS(=O)(=O)c1ncc(CN2CCCCC2CCOC)n1Cc1ccccc1. The van der Waals surface area contributed by atoms with Crippen molar-refractivity contribution in [3.63, 3.8) is 0 Å². The number of nitrogens with zero attached hydrogens (tertiary/aromatic N) is 3. The van der Waals surface area contributed by atoms with Crippen molar-refractivity contribution in [3.05, 3.63) is 47.8 Å². The highest BCUT2D eigenvalue weighted by Crippen LogP contribution is 2.24. The van der Waals surface area contributed by atoms with Gasteiger partial charge >= 0.3 is 0 Å². The summed E-state index contributed by atoms with van der Waals surface area (Å²) in [6, 6.07) is 10.4. The average molecular weight is 406 g/mol. The first-order valence-corrected chi connectivity index (χ1v) is 11.7. The lowest BCUT2D eigenvalue weighted by atomic mass is 9.99. The number of aromatic nitrogens is 2. The van der Waals surface area contributed by atoms with Crippen LogP contribution in [0.2, 0.25) is 0 Å². The van der Waals surface area contributed by atoms with E-state index in [4.69, 9.17) is 4.74 Å². The molecule has 154 valence electrons. The first kappa shape index (κ1) is 21.0. The molecule has 2 aromatic rings. The van der Waals surface area contributed by atoms with Gasteiger partial charge in [-0.15, -0.1) is 0 Å². The van der Waals surface area contributed by atoms with Crippen LogP contribution in [0.1, 0.15) is 43.9 Å². The summed E-state index contributed by atoms with van der Waals surface area (Å²) in [5, 5.41) is 0.180. The quantitative estimate of drug-likeness (QED) is 0.641. The van der Waals surface area contributed by atoms with E-state index in [1.807, 2.05) is 34.9 Å². The summed E-state index contributed by atoms with van der Waals surface area (Å²) < 4.78 is 32.4. The molecule has 3 rings (SSSR count). The number of hydrogen-bond donors (Lipinski definition) is 0. The predicted octanol–water partition coefficient (Wildman–Crippen LogP) is 3.12. The summed E-state index contributed by atoms with van der Waals surface area (Å²) in [5.74, 6) is 0.0540. The van der Waals surface area contributed by atoms with Crippen LogP contribution in [0.15, 0.2) is 41.7 Å². The fourth-order valence-electron chi connectivity index (χ4n) is 3.89. The zero-order valence-corrected chi connectivity index (χ0v) is 17.7. The Morgan fingerprint density at radius 2 is 1.96 bits per heavy atom. The zero-order chi connectivity index (χ0) is 20.0. The van der Waals surface area contributed by atoms with Crippen molar-refractivity contribution < 1.29 is 13.2 Å². The second-order valence-electron chi connectivity index (χ2n) is 7.41. The Labute approximate surface area is 168 Å². The monoisotopic (exact) mass is 405 g/mol. The van der Waals surface area contributed by atoms with Crippen molar-refractivity contribution in [1.29, 1.82) is 0 Å². The summed E-state index contributed by atoms with van der Waals surface area (Å²) >= 11 is 0. The van der Waals surface area contributed by atoms with Crippen molar-refractivity contribution in [2.75, 3.05) is 26.0 Å². The van der Waals surface area contributed by atoms with E-state index in [9.17, 15) is 8.42 Å². The molecule has 0 N–H and O–H groups in total. The number of imidazole rings is 1. The second kappa shape index (κ2) is 9.67. The van der Waals surface area contributed by atoms with Crippen molar-refractivity contribution >= 4 is 9.84 Å². The number of piperidine rings is 1. The molecule has 1 atom stereocenters. The fourth-order valence-corrected chi connectivity index (χ4v) is 4.88. The van der Waals surface area contributed by atoms with E-state index in [0.717, 1.165) is 37.3 Å². The number of rotatable bonds is 9. The molecule has 6 nitrogen and oxygen atoms in total. The van der Waals surface area contributed by atoms with Gasteiger partial charge in [-0.1, -0.05) is 43.7 Å². The number of sulfone groups is 1. The minimum absolute atomic E-state index is 0.0540. The van der Waals surface area contributed by atoms with Crippen LogP contribution in [0.25, 0.3) is 0 Å². The largest absolute Gasteiger partial charge is 0.385 e. The van der Waals surface area contributed by atoms with Crippen LogP contribution in [0, 0.1) is 0 Å². The molecule has 1 aromatic carbocycles. The molecule has 2 heterocycles. The molecule has 7 heteroatoms. The summed E-state index contributed by atoms with van der Waals surface area (Å²) in [7, 11) is -1.64. The molecule has 28 heavy (non-hydrogen) atoms. The van der Waals surface area contributed by atoms with Gasteiger partial charge in [-0.2, -0.15) is 0 Å². The Bertz CT molecular complexity index is 849. The van der Waals surface area contributed by atoms with Gasteiger partial charge in [0.1, 0.15) is 0 Å². The highest BCUT2D eigenvalue weighted by Gasteiger charge is 2.26. The van der Waals surface area contributed by atoms with Crippen LogP contribution in [0.3, 0.4) is 0 Å². The maximum absolute atomic E-state index is 12.6. The molecule has 1 aliphatic rings. The predicted molar refractivity (Wildman–Crippen MR) is 110 cm³/mol. The van der Waals surface area contributed by atoms with Crippen LogP contribution >= 0.6 is 0 Å². The Kier molecular flexibility index (Phi) is 7.26. The summed E-state index contributed by atoms with van der Waals surface area (Å²) in [6.45, 7) is 4.68. The Balaban J connectivity index is 1.89. The molecule has 1 unspecified atom stereocenters. The van der Waals surface area contributed by atoms with Gasteiger partial charge in [0.25, 0.3) is 0 Å². The molecule has 1 aliphatic heterocycles. The second-order valence-corrected chi connectivity index (χ2v) is 9.58. The van der Waals surface area contributed by atoms with E-state index in [1.165, 1.54) is 12.8 Å². The standard InChI is InChI=1S/C21H31N3O3S/c1-3-28(25,26)21-22-15-20(24(21)16-18-9-5-4-6-10-18)17-23-13-8-7-11-19(23)12-14-27-2/h4-6,9-10,15,19H,3,7-8,11-14,16-17H2,1-2H3. The first-order valence-electron chi connectivity index (χ1n) is 10.1. The zero-order valence-electron chi connectivity index (χ0n) is 16.9. The molecular weight excluding hydrogens is 374 g/mol. The topological polar surface area (TPSA) is 64.4 Å². The van der Waals surface area contributed by atoms with Gasteiger partial charge in [0, 0.05) is 26.3 Å².